The van der Waals surface area contributed by atoms with Crippen molar-refractivity contribution in [2.45, 2.75) is 55.5 Å². The second kappa shape index (κ2) is 9.85. The van der Waals surface area contributed by atoms with Crippen LogP contribution in [0.1, 0.15) is 20.8 Å². The first-order valence-corrected chi connectivity index (χ1v) is 9.36. The molecule has 0 aliphatic carbocycles. The first-order chi connectivity index (χ1) is 13.2. The molecule has 0 saturated carbocycles. The summed E-state index contributed by atoms with van der Waals surface area (Å²) in [7, 11) is 0. The van der Waals surface area contributed by atoms with Gasteiger partial charge in [-0.05, 0) is 18.2 Å². The number of esters is 3. The minimum absolute atomic E-state index is 0.214. The molecule has 1 aliphatic heterocycles. The van der Waals surface area contributed by atoms with Crippen molar-refractivity contribution in [2.75, 3.05) is 6.61 Å². The van der Waals surface area contributed by atoms with E-state index in [4.69, 9.17) is 24.7 Å². The lowest BCUT2D eigenvalue weighted by atomic mass is 9.97. The molecule has 154 valence electrons. The van der Waals surface area contributed by atoms with E-state index in [2.05, 4.69) is 0 Å². The maximum absolute atomic E-state index is 13.5. The first kappa shape index (κ1) is 22.1. The van der Waals surface area contributed by atoms with Crippen LogP contribution in [0.5, 0.6) is 0 Å². The van der Waals surface area contributed by atoms with Crippen molar-refractivity contribution < 1.29 is 37.7 Å². The van der Waals surface area contributed by atoms with Gasteiger partial charge in [0.25, 0.3) is 0 Å². The Morgan fingerprint density at radius 3 is 2.32 bits per heavy atom. The molecular formula is C18H22FNO7S. The maximum Gasteiger partial charge on any atom is 0.303 e. The van der Waals surface area contributed by atoms with Gasteiger partial charge in [0.05, 0.1) is 6.04 Å². The monoisotopic (exact) mass is 415 g/mol. The van der Waals surface area contributed by atoms with Gasteiger partial charge >= 0.3 is 17.9 Å². The lowest BCUT2D eigenvalue weighted by Gasteiger charge is -2.43. The molecule has 5 unspecified atom stereocenters. The number of rotatable bonds is 6. The van der Waals surface area contributed by atoms with Gasteiger partial charge < -0.3 is 24.7 Å². The van der Waals surface area contributed by atoms with Gasteiger partial charge in [-0.25, -0.2) is 4.39 Å². The molecule has 1 aromatic rings. The van der Waals surface area contributed by atoms with Crippen molar-refractivity contribution in [3.8, 4) is 0 Å². The number of halogens is 1. The van der Waals surface area contributed by atoms with Gasteiger partial charge in [-0.1, -0.05) is 17.8 Å². The van der Waals surface area contributed by atoms with Gasteiger partial charge in [0, 0.05) is 25.7 Å². The number of carbonyl (C=O) groups excluding carboxylic acids is 3. The molecular weight excluding hydrogens is 393 g/mol. The second-order valence-electron chi connectivity index (χ2n) is 6.15. The highest BCUT2D eigenvalue weighted by atomic mass is 32.2. The van der Waals surface area contributed by atoms with E-state index in [1.165, 1.54) is 39.0 Å². The average Bonchev–Trinajstić information content (AvgIpc) is 2.58. The Balaban J connectivity index is 2.29. The lowest BCUT2D eigenvalue weighted by Crippen LogP contribution is -2.63. The Hall–Kier alpha value is -2.17. The molecule has 0 bridgehead atoms. The van der Waals surface area contributed by atoms with Crippen molar-refractivity contribution in [2.24, 2.45) is 5.73 Å². The van der Waals surface area contributed by atoms with Crippen LogP contribution >= 0.6 is 11.8 Å². The van der Waals surface area contributed by atoms with E-state index < -0.39 is 53.5 Å². The molecule has 1 aliphatic rings. The molecule has 2 rings (SSSR count). The Morgan fingerprint density at radius 1 is 1.11 bits per heavy atom. The minimum Gasteiger partial charge on any atom is -0.463 e. The quantitative estimate of drug-likeness (QED) is 0.544. The zero-order valence-electron chi connectivity index (χ0n) is 15.6. The smallest absolute Gasteiger partial charge is 0.303 e. The predicted octanol–water partition coefficient (Wildman–Crippen LogP) is 1.40. The van der Waals surface area contributed by atoms with E-state index in [1.54, 1.807) is 6.07 Å². The molecule has 1 saturated heterocycles. The number of hydrogen-bond acceptors (Lipinski definition) is 9. The zero-order valence-corrected chi connectivity index (χ0v) is 16.4. The van der Waals surface area contributed by atoms with E-state index in [-0.39, 0.29) is 6.61 Å². The largest absolute Gasteiger partial charge is 0.463 e. The Kier molecular flexibility index (Phi) is 7.78. The normalized spacial score (nSPS) is 27.0. The fraction of sp³-hybridized carbons (Fsp3) is 0.500. The maximum atomic E-state index is 13.5. The summed E-state index contributed by atoms with van der Waals surface area (Å²) in [6, 6.07) is 4.82. The van der Waals surface area contributed by atoms with Gasteiger partial charge in [0.15, 0.2) is 6.10 Å². The second-order valence-corrected chi connectivity index (χ2v) is 7.32. The van der Waals surface area contributed by atoms with Crippen LogP contribution < -0.4 is 5.73 Å². The predicted molar refractivity (Wildman–Crippen MR) is 96.6 cm³/mol. The van der Waals surface area contributed by atoms with Crippen LogP contribution in [-0.2, 0) is 33.3 Å². The summed E-state index contributed by atoms with van der Waals surface area (Å²) >= 11 is 1.09. The molecule has 5 atom stereocenters. The average molecular weight is 415 g/mol. The third-order valence-electron chi connectivity index (χ3n) is 3.81. The molecule has 1 fully saturated rings. The van der Waals surface area contributed by atoms with Gasteiger partial charge in [0.2, 0.25) is 0 Å². The van der Waals surface area contributed by atoms with Crippen molar-refractivity contribution >= 4 is 29.7 Å². The Morgan fingerprint density at radius 2 is 1.75 bits per heavy atom. The van der Waals surface area contributed by atoms with Gasteiger partial charge in [-0.15, -0.1) is 0 Å². The molecule has 0 radical (unpaired) electrons. The van der Waals surface area contributed by atoms with Crippen LogP contribution in [0, 0.1) is 5.82 Å². The third kappa shape index (κ3) is 6.18. The van der Waals surface area contributed by atoms with Crippen molar-refractivity contribution in [3.63, 3.8) is 0 Å². The SMILES string of the molecule is CC(=O)OCC1OC(Sc2cccc(F)c2)C(OC(C)=O)C(N)C1OC(C)=O. The number of nitrogens with two attached hydrogens (primary N) is 1. The number of thioether (sulfide) groups is 1. The van der Waals surface area contributed by atoms with Gasteiger partial charge in [-0.3, -0.25) is 14.4 Å². The van der Waals surface area contributed by atoms with Crippen molar-refractivity contribution in [3.05, 3.63) is 30.1 Å². The standard InChI is InChI=1S/C18H22FNO7S/c1-9(21)24-8-14-16(25-10(2)22)15(20)17(26-11(3)23)18(27-14)28-13-6-4-5-12(19)7-13/h4-7,14-18H,8,20H2,1-3H3. The van der Waals surface area contributed by atoms with E-state index >= 15 is 0 Å². The zero-order chi connectivity index (χ0) is 20.8. The van der Waals surface area contributed by atoms with Crippen LogP contribution in [0.2, 0.25) is 0 Å². The fourth-order valence-electron chi connectivity index (χ4n) is 2.72. The summed E-state index contributed by atoms with van der Waals surface area (Å²) in [6.45, 7) is 3.42. The van der Waals surface area contributed by atoms with E-state index in [9.17, 15) is 18.8 Å². The summed E-state index contributed by atoms with van der Waals surface area (Å²) in [5.41, 5.74) is 5.39. The molecule has 10 heteroatoms. The van der Waals surface area contributed by atoms with Crippen LogP contribution in [0.3, 0.4) is 0 Å². The summed E-state index contributed by atoms with van der Waals surface area (Å²) in [4.78, 5) is 34.7. The highest BCUT2D eigenvalue weighted by molar-refractivity contribution is 7.99. The van der Waals surface area contributed by atoms with E-state index in [0.717, 1.165) is 11.8 Å². The number of carbonyl (C=O) groups is 3. The summed E-state index contributed by atoms with van der Waals surface area (Å²) in [6.07, 6.45) is -2.88. The van der Waals surface area contributed by atoms with Gasteiger partial charge in [-0.2, -0.15) is 0 Å². The molecule has 0 aromatic heterocycles. The molecule has 0 amide bonds. The number of hydrogen-bond donors (Lipinski definition) is 1. The van der Waals surface area contributed by atoms with Crippen LogP contribution in [0.4, 0.5) is 4.39 Å². The molecule has 8 nitrogen and oxygen atoms in total. The van der Waals surface area contributed by atoms with E-state index in [0.29, 0.717) is 4.90 Å². The van der Waals surface area contributed by atoms with Crippen LogP contribution in [0.15, 0.2) is 29.2 Å². The summed E-state index contributed by atoms with van der Waals surface area (Å²) in [5, 5.41) is 0. The van der Waals surface area contributed by atoms with Crippen molar-refractivity contribution in [1.29, 1.82) is 0 Å². The number of benzene rings is 1. The Labute approximate surface area is 165 Å². The molecule has 0 spiro atoms. The minimum atomic E-state index is -1.01. The third-order valence-corrected chi connectivity index (χ3v) is 4.94. The summed E-state index contributed by atoms with van der Waals surface area (Å²) in [5.74, 6) is -2.21. The van der Waals surface area contributed by atoms with Gasteiger partial charge in [0.1, 0.15) is 30.1 Å². The first-order valence-electron chi connectivity index (χ1n) is 8.48. The lowest BCUT2D eigenvalue weighted by molar-refractivity contribution is -0.201. The Bertz CT molecular complexity index is 730. The molecule has 28 heavy (non-hydrogen) atoms. The molecule has 1 heterocycles. The highest BCUT2D eigenvalue weighted by Gasteiger charge is 2.48. The van der Waals surface area contributed by atoms with Crippen molar-refractivity contribution in [1.82, 2.24) is 0 Å². The van der Waals surface area contributed by atoms with E-state index in [1.807, 2.05) is 0 Å². The highest BCUT2D eigenvalue weighted by Crippen LogP contribution is 2.35. The molecule has 1 aromatic carbocycles. The van der Waals surface area contributed by atoms with Crippen LogP contribution in [0.25, 0.3) is 0 Å². The number of ether oxygens (including phenoxy) is 4. The summed E-state index contributed by atoms with van der Waals surface area (Å²) < 4.78 is 35.0. The topological polar surface area (TPSA) is 114 Å². The van der Waals surface area contributed by atoms with Crippen LogP contribution in [-0.4, -0.2) is 54.3 Å². The fourth-order valence-corrected chi connectivity index (χ4v) is 3.89. The molecule has 2 N–H and O–H groups in total.